The van der Waals surface area contributed by atoms with Gasteiger partial charge in [-0.05, 0) is 40.0 Å². The van der Waals surface area contributed by atoms with Crippen LogP contribution in [0.1, 0.15) is 30.7 Å². The molecule has 3 rings (SSSR count). The third-order valence-electron chi connectivity index (χ3n) is 4.11. The van der Waals surface area contributed by atoms with Crippen LogP contribution in [0.25, 0.3) is 0 Å². The molecular weight excluding hydrogens is 360 g/mol. The Morgan fingerprint density at radius 2 is 2.22 bits per heavy atom. The summed E-state index contributed by atoms with van der Waals surface area (Å²) in [6.07, 6.45) is 1.87. The minimum absolute atomic E-state index is 0.0171. The number of methoxy groups -OCH3 is 1. The standard InChI is InChI=1S/C17H15BrN2O3/c1-22-13-6-5-9(7-11(13)18)15-10(8-19)17(20)23-14-4-2-3-12(21)16(14)15/h5-7,15H,2-4,20H2,1H3. The Balaban J connectivity index is 2.17. The molecule has 1 aliphatic carbocycles. The molecule has 1 aromatic rings. The van der Waals surface area contributed by atoms with Crippen molar-refractivity contribution in [3.05, 3.63) is 51.0 Å². The van der Waals surface area contributed by atoms with E-state index in [2.05, 4.69) is 22.0 Å². The van der Waals surface area contributed by atoms with Gasteiger partial charge in [-0.15, -0.1) is 0 Å². The number of carbonyl (C=O) groups excluding carboxylic acids is 1. The van der Waals surface area contributed by atoms with E-state index in [0.29, 0.717) is 29.9 Å². The number of allylic oxidation sites excluding steroid dienone is 3. The molecule has 1 unspecified atom stereocenters. The van der Waals surface area contributed by atoms with Gasteiger partial charge in [0.05, 0.1) is 17.5 Å². The molecule has 0 aromatic heterocycles. The second-order valence-corrected chi connectivity index (χ2v) is 6.29. The third kappa shape index (κ3) is 2.62. The largest absolute Gasteiger partial charge is 0.496 e. The van der Waals surface area contributed by atoms with E-state index in [9.17, 15) is 10.1 Å². The molecule has 2 aliphatic rings. The molecule has 0 saturated heterocycles. The SMILES string of the molecule is COc1ccc(C2C(C#N)=C(N)OC3=C2C(=O)CCC3)cc1Br. The van der Waals surface area contributed by atoms with Crippen molar-refractivity contribution in [3.8, 4) is 11.8 Å². The zero-order chi connectivity index (χ0) is 16.6. The molecule has 0 bridgehead atoms. The Hall–Kier alpha value is -2.26. The van der Waals surface area contributed by atoms with Gasteiger partial charge < -0.3 is 15.2 Å². The molecule has 1 aromatic carbocycles. The van der Waals surface area contributed by atoms with Gasteiger partial charge in [0.15, 0.2) is 5.78 Å². The first-order valence-corrected chi connectivity index (χ1v) is 8.03. The minimum Gasteiger partial charge on any atom is -0.496 e. The lowest BCUT2D eigenvalue weighted by molar-refractivity contribution is -0.116. The Labute approximate surface area is 142 Å². The predicted octanol–water partition coefficient (Wildman–Crippen LogP) is 3.27. The number of carbonyl (C=O) groups is 1. The molecule has 1 heterocycles. The summed E-state index contributed by atoms with van der Waals surface area (Å²) in [5, 5.41) is 9.50. The van der Waals surface area contributed by atoms with Crippen molar-refractivity contribution in [1.82, 2.24) is 0 Å². The van der Waals surface area contributed by atoms with Gasteiger partial charge in [-0.2, -0.15) is 5.26 Å². The normalized spacial score (nSPS) is 20.7. The fourth-order valence-corrected chi connectivity index (χ4v) is 3.61. The summed E-state index contributed by atoms with van der Waals surface area (Å²) in [4.78, 5) is 12.4. The summed E-state index contributed by atoms with van der Waals surface area (Å²) >= 11 is 3.45. The molecule has 23 heavy (non-hydrogen) atoms. The number of nitriles is 1. The first-order valence-electron chi connectivity index (χ1n) is 7.24. The van der Waals surface area contributed by atoms with Crippen molar-refractivity contribution < 1.29 is 14.3 Å². The maximum atomic E-state index is 12.4. The van der Waals surface area contributed by atoms with Gasteiger partial charge in [0, 0.05) is 18.4 Å². The van der Waals surface area contributed by atoms with Crippen molar-refractivity contribution in [2.75, 3.05) is 7.11 Å². The maximum absolute atomic E-state index is 12.4. The lowest BCUT2D eigenvalue weighted by Crippen LogP contribution is -2.27. The highest BCUT2D eigenvalue weighted by atomic mass is 79.9. The molecule has 118 valence electrons. The van der Waals surface area contributed by atoms with Crippen molar-refractivity contribution in [3.63, 3.8) is 0 Å². The van der Waals surface area contributed by atoms with Crippen molar-refractivity contribution >= 4 is 21.7 Å². The van der Waals surface area contributed by atoms with Gasteiger partial charge in [0.2, 0.25) is 5.88 Å². The lowest BCUT2D eigenvalue weighted by Gasteiger charge is -2.31. The highest BCUT2D eigenvalue weighted by Crippen LogP contribution is 2.44. The van der Waals surface area contributed by atoms with E-state index < -0.39 is 5.92 Å². The molecule has 1 aliphatic heterocycles. The highest BCUT2D eigenvalue weighted by Gasteiger charge is 2.38. The van der Waals surface area contributed by atoms with E-state index in [4.69, 9.17) is 15.2 Å². The fraction of sp³-hybridized carbons (Fsp3) is 0.294. The van der Waals surface area contributed by atoms with Crippen molar-refractivity contribution in [2.24, 2.45) is 5.73 Å². The van der Waals surface area contributed by atoms with Gasteiger partial charge in [0.1, 0.15) is 23.2 Å². The van der Waals surface area contributed by atoms with Crippen LogP contribution in [0.5, 0.6) is 5.75 Å². The first kappa shape index (κ1) is 15.6. The summed E-state index contributed by atoms with van der Waals surface area (Å²) < 4.78 is 11.5. The zero-order valence-electron chi connectivity index (χ0n) is 12.6. The third-order valence-corrected chi connectivity index (χ3v) is 4.73. The second kappa shape index (κ2) is 6.09. The van der Waals surface area contributed by atoms with Crippen LogP contribution < -0.4 is 10.5 Å². The summed E-state index contributed by atoms with van der Waals surface area (Å²) in [6.45, 7) is 0. The summed E-state index contributed by atoms with van der Waals surface area (Å²) in [5.41, 5.74) is 7.55. The van der Waals surface area contributed by atoms with E-state index in [1.165, 1.54) is 0 Å². The number of nitrogens with zero attached hydrogens (tertiary/aromatic N) is 1. The molecular formula is C17H15BrN2O3. The molecule has 2 N–H and O–H groups in total. The number of ether oxygens (including phenoxy) is 2. The molecule has 5 nitrogen and oxygen atoms in total. The van der Waals surface area contributed by atoms with Crippen molar-refractivity contribution in [2.45, 2.75) is 25.2 Å². The summed E-state index contributed by atoms with van der Waals surface area (Å²) in [7, 11) is 1.58. The number of halogens is 1. The van der Waals surface area contributed by atoms with Crippen molar-refractivity contribution in [1.29, 1.82) is 5.26 Å². The Kier molecular flexibility index (Phi) is 4.14. The molecule has 0 fully saturated rings. The van der Waals surface area contributed by atoms with Gasteiger partial charge >= 0.3 is 0 Å². The molecule has 0 saturated carbocycles. The number of rotatable bonds is 2. The number of ketones is 1. The van der Waals surface area contributed by atoms with E-state index in [-0.39, 0.29) is 17.2 Å². The van der Waals surface area contributed by atoms with Crippen LogP contribution in [0, 0.1) is 11.3 Å². The topological polar surface area (TPSA) is 85.3 Å². The number of benzene rings is 1. The Bertz CT molecular complexity index is 790. The number of Topliss-reactive ketones (excluding diaryl/α,β-unsaturated/α-hetero) is 1. The molecule has 0 spiro atoms. The monoisotopic (exact) mass is 374 g/mol. The van der Waals surface area contributed by atoms with Crippen LogP contribution >= 0.6 is 15.9 Å². The second-order valence-electron chi connectivity index (χ2n) is 5.43. The number of hydrogen-bond donors (Lipinski definition) is 1. The summed E-state index contributed by atoms with van der Waals surface area (Å²) in [6, 6.07) is 7.60. The van der Waals surface area contributed by atoms with Crippen LogP contribution in [0.3, 0.4) is 0 Å². The maximum Gasteiger partial charge on any atom is 0.205 e. The highest BCUT2D eigenvalue weighted by molar-refractivity contribution is 9.10. The average molecular weight is 375 g/mol. The van der Waals surface area contributed by atoms with E-state index in [1.54, 1.807) is 13.2 Å². The van der Waals surface area contributed by atoms with Crippen LogP contribution in [0.15, 0.2) is 45.5 Å². The van der Waals surface area contributed by atoms with E-state index in [0.717, 1.165) is 16.5 Å². The van der Waals surface area contributed by atoms with E-state index >= 15 is 0 Å². The predicted molar refractivity (Wildman–Crippen MR) is 87.2 cm³/mol. The smallest absolute Gasteiger partial charge is 0.205 e. The Morgan fingerprint density at radius 3 is 2.87 bits per heavy atom. The molecule has 0 amide bonds. The quantitative estimate of drug-likeness (QED) is 0.858. The molecule has 6 heteroatoms. The van der Waals surface area contributed by atoms with Gasteiger partial charge in [0.25, 0.3) is 0 Å². The van der Waals surface area contributed by atoms with Gasteiger partial charge in [-0.1, -0.05) is 6.07 Å². The van der Waals surface area contributed by atoms with Crippen LogP contribution in [0.2, 0.25) is 0 Å². The van der Waals surface area contributed by atoms with Gasteiger partial charge in [-0.25, -0.2) is 0 Å². The minimum atomic E-state index is -0.487. The molecule has 1 atom stereocenters. The first-order chi connectivity index (χ1) is 11.1. The molecule has 0 radical (unpaired) electrons. The fourth-order valence-electron chi connectivity index (χ4n) is 3.05. The zero-order valence-corrected chi connectivity index (χ0v) is 14.1. The Morgan fingerprint density at radius 1 is 1.43 bits per heavy atom. The lowest BCUT2D eigenvalue weighted by atomic mass is 9.77. The van der Waals surface area contributed by atoms with E-state index in [1.807, 2.05) is 12.1 Å². The average Bonchev–Trinajstić information content (AvgIpc) is 2.53. The van der Waals surface area contributed by atoms with Crippen LogP contribution in [-0.2, 0) is 9.53 Å². The summed E-state index contributed by atoms with van der Waals surface area (Å²) in [5.74, 6) is 0.884. The number of hydrogen-bond acceptors (Lipinski definition) is 5. The van der Waals surface area contributed by atoms with Crippen LogP contribution in [0.4, 0.5) is 0 Å². The number of nitrogens with two attached hydrogens (primary N) is 1. The van der Waals surface area contributed by atoms with Gasteiger partial charge in [-0.3, -0.25) is 4.79 Å². The van der Waals surface area contributed by atoms with Crippen LogP contribution in [-0.4, -0.2) is 12.9 Å².